The molecular formula is C8H15ClO2. The van der Waals surface area contributed by atoms with E-state index in [2.05, 4.69) is 6.58 Å². The zero-order chi connectivity index (χ0) is 8.69. The molecule has 0 bridgehead atoms. The van der Waals surface area contributed by atoms with Crippen LogP contribution in [-0.4, -0.2) is 25.4 Å². The Labute approximate surface area is 73.1 Å². The van der Waals surface area contributed by atoms with Gasteiger partial charge in [0.1, 0.15) is 0 Å². The zero-order valence-electron chi connectivity index (χ0n) is 7.10. The maximum Gasteiger partial charge on any atom is 0.180 e. The number of hydrogen-bond donors (Lipinski definition) is 0. The molecule has 0 heterocycles. The fourth-order valence-electron chi connectivity index (χ4n) is 0.650. The van der Waals surface area contributed by atoms with E-state index in [0.29, 0.717) is 19.1 Å². The van der Waals surface area contributed by atoms with Crippen LogP contribution in [-0.2, 0) is 9.47 Å². The summed E-state index contributed by atoms with van der Waals surface area (Å²) in [5.74, 6) is 0.380. The van der Waals surface area contributed by atoms with Crippen molar-refractivity contribution in [2.75, 3.05) is 19.1 Å². The Morgan fingerprint density at radius 2 is 1.82 bits per heavy atom. The topological polar surface area (TPSA) is 18.5 Å². The van der Waals surface area contributed by atoms with Gasteiger partial charge in [-0.25, -0.2) is 0 Å². The van der Waals surface area contributed by atoms with Gasteiger partial charge in [-0.3, -0.25) is 0 Å². The standard InChI is InChI=1S/C8H15ClO2/c1-4-10-8(11-5-2)7(3)6-9/h8H,3-6H2,1-2H3. The van der Waals surface area contributed by atoms with Crippen molar-refractivity contribution in [3.05, 3.63) is 12.2 Å². The highest BCUT2D eigenvalue weighted by molar-refractivity contribution is 6.19. The molecule has 0 aliphatic carbocycles. The highest BCUT2D eigenvalue weighted by atomic mass is 35.5. The molecule has 0 aromatic carbocycles. The van der Waals surface area contributed by atoms with Crippen molar-refractivity contribution >= 4 is 11.6 Å². The van der Waals surface area contributed by atoms with E-state index in [1.54, 1.807) is 0 Å². The van der Waals surface area contributed by atoms with E-state index in [1.165, 1.54) is 0 Å². The first kappa shape index (κ1) is 11.0. The van der Waals surface area contributed by atoms with Gasteiger partial charge in [0.2, 0.25) is 0 Å². The quantitative estimate of drug-likeness (QED) is 0.353. The van der Waals surface area contributed by atoms with Crippen LogP contribution < -0.4 is 0 Å². The SMILES string of the molecule is C=C(CCl)C(OCC)OCC. The number of halogens is 1. The van der Waals surface area contributed by atoms with E-state index in [0.717, 1.165) is 5.57 Å². The van der Waals surface area contributed by atoms with E-state index >= 15 is 0 Å². The van der Waals surface area contributed by atoms with Crippen LogP contribution in [0.25, 0.3) is 0 Å². The highest BCUT2D eigenvalue weighted by Crippen LogP contribution is 2.07. The second-order valence-corrected chi connectivity index (χ2v) is 2.30. The lowest BCUT2D eigenvalue weighted by Gasteiger charge is -2.17. The first-order valence-electron chi connectivity index (χ1n) is 3.73. The van der Waals surface area contributed by atoms with Gasteiger partial charge in [-0.05, 0) is 19.4 Å². The van der Waals surface area contributed by atoms with Crippen molar-refractivity contribution in [3.8, 4) is 0 Å². The summed E-state index contributed by atoms with van der Waals surface area (Å²) in [7, 11) is 0. The second-order valence-electron chi connectivity index (χ2n) is 2.03. The van der Waals surface area contributed by atoms with Gasteiger partial charge in [-0.1, -0.05) is 6.58 Å². The summed E-state index contributed by atoms with van der Waals surface area (Å²) in [6.07, 6.45) is -0.331. The zero-order valence-corrected chi connectivity index (χ0v) is 7.86. The molecule has 0 amide bonds. The van der Waals surface area contributed by atoms with E-state index in [-0.39, 0.29) is 6.29 Å². The maximum atomic E-state index is 5.56. The molecule has 0 saturated carbocycles. The van der Waals surface area contributed by atoms with Gasteiger partial charge in [0.05, 0.1) is 0 Å². The summed E-state index contributed by atoms with van der Waals surface area (Å²) >= 11 is 5.56. The Bertz CT molecular complexity index is 109. The number of hydrogen-bond acceptors (Lipinski definition) is 2. The molecule has 0 spiro atoms. The van der Waals surface area contributed by atoms with E-state index in [4.69, 9.17) is 21.1 Å². The number of ether oxygens (including phenoxy) is 2. The number of rotatable bonds is 6. The first-order valence-corrected chi connectivity index (χ1v) is 4.26. The third-order valence-electron chi connectivity index (χ3n) is 1.14. The van der Waals surface area contributed by atoms with Crippen molar-refractivity contribution in [1.29, 1.82) is 0 Å². The van der Waals surface area contributed by atoms with E-state index in [1.807, 2.05) is 13.8 Å². The fourth-order valence-corrected chi connectivity index (χ4v) is 0.776. The lowest BCUT2D eigenvalue weighted by atomic mass is 10.3. The maximum absolute atomic E-state index is 5.56. The Hall–Kier alpha value is -0.0500. The molecule has 11 heavy (non-hydrogen) atoms. The van der Waals surface area contributed by atoms with Gasteiger partial charge in [-0.2, -0.15) is 0 Å². The molecule has 0 aliphatic heterocycles. The predicted octanol–water partition coefficient (Wildman–Crippen LogP) is 2.18. The molecule has 0 saturated heterocycles. The van der Waals surface area contributed by atoms with Crippen LogP contribution in [0.3, 0.4) is 0 Å². The Morgan fingerprint density at radius 1 is 1.36 bits per heavy atom. The Balaban J connectivity index is 3.76. The van der Waals surface area contributed by atoms with E-state index in [9.17, 15) is 0 Å². The summed E-state index contributed by atoms with van der Waals surface area (Å²) in [5.41, 5.74) is 0.773. The van der Waals surface area contributed by atoms with Crippen LogP contribution in [0.4, 0.5) is 0 Å². The third kappa shape index (κ3) is 4.40. The molecule has 0 N–H and O–H groups in total. The average Bonchev–Trinajstić information content (AvgIpc) is 2.03. The van der Waals surface area contributed by atoms with Gasteiger partial charge in [0, 0.05) is 19.1 Å². The lowest BCUT2D eigenvalue weighted by Crippen LogP contribution is -2.20. The van der Waals surface area contributed by atoms with Gasteiger partial charge >= 0.3 is 0 Å². The summed E-state index contributed by atoms with van der Waals surface area (Å²) < 4.78 is 10.5. The smallest absolute Gasteiger partial charge is 0.180 e. The van der Waals surface area contributed by atoms with Crippen molar-refractivity contribution in [3.63, 3.8) is 0 Å². The molecule has 0 aromatic heterocycles. The van der Waals surface area contributed by atoms with Crippen molar-refractivity contribution < 1.29 is 9.47 Å². The molecule has 0 atom stereocenters. The average molecular weight is 179 g/mol. The van der Waals surface area contributed by atoms with Crippen LogP contribution >= 0.6 is 11.6 Å². The van der Waals surface area contributed by atoms with Crippen LogP contribution in [0.5, 0.6) is 0 Å². The summed E-state index contributed by atoms with van der Waals surface area (Å²) in [5, 5.41) is 0. The Morgan fingerprint density at radius 3 is 2.09 bits per heavy atom. The molecule has 0 radical (unpaired) electrons. The summed E-state index contributed by atoms with van der Waals surface area (Å²) in [6.45, 7) is 8.77. The van der Waals surface area contributed by atoms with Gasteiger partial charge in [0.15, 0.2) is 6.29 Å². The molecule has 0 unspecified atom stereocenters. The minimum Gasteiger partial charge on any atom is -0.349 e. The highest BCUT2D eigenvalue weighted by Gasteiger charge is 2.10. The largest absolute Gasteiger partial charge is 0.349 e. The van der Waals surface area contributed by atoms with Crippen molar-refractivity contribution in [2.45, 2.75) is 20.1 Å². The predicted molar refractivity (Wildman–Crippen MR) is 46.9 cm³/mol. The number of alkyl halides is 1. The third-order valence-corrected chi connectivity index (χ3v) is 1.48. The van der Waals surface area contributed by atoms with Gasteiger partial charge < -0.3 is 9.47 Å². The van der Waals surface area contributed by atoms with Gasteiger partial charge in [-0.15, -0.1) is 11.6 Å². The molecule has 0 aliphatic rings. The molecule has 2 nitrogen and oxygen atoms in total. The second kappa shape index (κ2) is 6.65. The summed E-state index contributed by atoms with van der Waals surface area (Å²) in [6, 6.07) is 0. The molecule has 66 valence electrons. The van der Waals surface area contributed by atoms with Crippen LogP contribution in [0.15, 0.2) is 12.2 Å². The van der Waals surface area contributed by atoms with Crippen LogP contribution in [0, 0.1) is 0 Å². The molecule has 0 rings (SSSR count). The van der Waals surface area contributed by atoms with Crippen molar-refractivity contribution in [2.24, 2.45) is 0 Å². The fraction of sp³-hybridized carbons (Fsp3) is 0.750. The van der Waals surface area contributed by atoms with Crippen LogP contribution in [0.2, 0.25) is 0 Å². The van der Waals surface area contributed by atoms with Gasteiger partial charge in [0.25, 0.3) is 0 Å². The Kier molecular flexibility index (Phi) is 6.62. The molecule has 3 heteroatoms. The van der Waals surface area contributed by atoms with Crippen LogP contribution in [0.1, 0.15) is 13.8 Å². The molecule has 0 aromatic rings. The molecular weight excluding hydrogens is 164 g/mol. The minimum absolute atomic E-state index is 0.331. The monoisotopic (exact) mass is 178 g/mol. The minimum atomic E-state index is -0.331. The lowest BCUT2D eigenvalue weighted by molar-refractivity contribution is -0.110. The normalized spacial score (nSPS) is 10.5. The van der Waals surface area contributed by atoms with Crippen molar-refractivity contribution in [1.82, 2.24) is 0 Å². The van der Waals surface area contributed by atoms with E-state index < -0.39 is 0 Å². The first-order chi connectivity index (χ1) is 5.26. The molecule has 0 fully saturated rings. The summed E-state index contributed by atoms with van der Waals surface area (Å²) in [4.78, 5) is 0.